The Morgan fingerprint density at radius 1 is 1.40 bits per heavy atom. The van der Waals surface area contributed by atoms with Crippen molar-refractivity contribution < 1.29 is 4.79 Å². The minimum absolute atomic E-state index is 0.0567. The summed E-state index contributed by atoms with van der Waals surface area (Å²) in [5, 5.41) is 0. The molecular weight excluding hydrogens is 248 g/mol. The lowest BCUT2D eigenvalue weighted by Gasteiger charge is -2.41. The molecular formula is C17H26N2O. The molecule has 2 rings (SSSR count). The fourth-order valence-electron chi connectivity index (χ4n) is 3.17. The van der Waals surface area contributed by atoms with Gasteiger partial charge in [-0.2, -0.15) is 0 Å². The molecule has 3 nitrogen and oxygen atoms in total. The van der Waals surface area contributed by atoms with Gasteiger partial charge in [0.2, 0.25) is 5.91 Å². The minimum Gasteiger partial charge on any atom is -0.340 e. The van der Waals surface area contributed by atoms with Gasteiger partial charge in [-0.15, -0.1) is 0 Å². The summed E-state index contributed by atoms with van der Waals surface area (Å²) in [6.07, 6.45) is 3.91. The second-order valence-corrected chi connectivity index (χ2v) is 6.19. The van der Waals surface area contributed by atoms with E-state index in [2.05, 4.69) is 38.1 Å². The van der Waals surface area contributed by atoms with Crippen LogP contribution < -0.4 is 5.73 Å². The van der Waals surface area contributed by atoms with Crippen LogP contribution in [0.25, 0.3) is 0 Å². The molecule has 1 fully saturated rings. The Kier molecular flexibility index (Phi) is 4.81. The number of nitrogens with two attached hydrogens (primary N) is 1. The predicted octanol–water partition coefficient (Wildman–Crippen LogP) is 2.69. The maximum atomic E-state index is 12.4. The van der Waals surface area contributed by atoms with Crippen molar-refractivity contribution in [1.29, 1.82) is 0 Å². The molecule has 0 spiro atoms. The van der Waals surface area contributed by atoms with Crippen LogP contribution in [0.1, 0.15) is 45.1 Å². The highest BCUT2D eigenvalue weighted by Gasteiger charge is 2.35. The van der Waals surface area contributed by atoms with Gasteiger partial charge in [-0.1, -0.05) is 50.6 Å². The summed E-state index contributed by atoms with van der Waals surface area (Å²) in [7, 11) is 0. The Bertz CT molecular complexity index is 446. The SMILES string of the molecule is CCCC(N)C(=O)N1CCCC(C)(c2ccccc2)C1. The Morgan fingerprint density at radius 3 is 2.75 bits per heavy atom. The Hall–Kier alpha value is -1.35. The largest absolute Gasteiger partial charge is 0.340 e. The molecule has 0 aliphatic carbocycles. The van der Waals surface area contributed by atoms with Crippen LogP contribution in [-0.2, 0) is 10.2 Å². The van der Waals surface area contributed by atoms with Crippen LogP contribution in [0, 0.1) is 0 Å². The predicted molar refractivity (Wildman–Crippen MR) is 82.5 cm³/mol. The fraction of sp³-hybridized carbons (Fsp3) is 0.588. The first kappa shape index (κ1) is 15.0. The average molecular weight is 274 g/mol. The second-order valence-electron chi connectivity index (χ2n) is 6.19. The molecule has 20 heavy (non-hydrogen) atoms. The van der Waals surface area contributed by atoms with Gasteiger partial charge in [0.25, 0.3) is 0 Å². The van der Waals surface area contributed by atoms with Gasteiger partial charge in [-0.3, -0.25) is 4.79 Å². The van der Waals surface area contributed by atoms with Crippen molar-refractivity contribution >= 4 is 5.91 Å². The van der Waals surface area contributed by atoms with Gasteiger partial charge in [0, 0.05) is 18.5 Å². The number of piperidine rings is 1. The molecule has 2 N–H and O–H groups in total. The normalized spacial score (nSPS) is 24.4. The van der Waals surface area contributed by atoms with Crippen molar-refractivity contribution in [2.45, 2.75) is 51.0 Å². The van der Waals surface area contributed by atoms with E-state index in [1.54, 1.807) is 0 Å². The van der Waals surface area contributed by atoms with E-state index >= 15 is 0 Å². The summed E-state index contributed by atoms with van der Waals surface area (Å²) in [6, 6.07) is 10.2. The third-order valence-corrected chi connectivity index (χ3v) is 4.40. The summed E-state index contributed by atoms with van der Waals surface area (Å²) < 4.78 is 0. The topological polar surface area (TPSA) is 46.3 Å². The van der Waals surface area contributed by atoms with Crippen molar-refractivity contribution in [3.63, 3.8) is 0 Å². The Labute approximate surface area is 122 Å². The molecule has 1 aromatic carbocycles. The molecule has 1 aliphatic rings. The summed E-state index contributed by atoms with van der Waals surface area (Å²) in [6.45, 7) is 5.95. The molecule has 0 aromatic heterocycles. The zero-order valence-corrected chi connectivity index (χ0v) is 12.6. The summed E-state index contributed by atoms with van der Waals surface area (Å²) >= 11 is 0. The summed E-state index contributed by atoms with van der Waals surface area (Å²) in [4.78, 5) is 14.4. The smallest absolute Gasteiger partial charge is 0.239 e. The van der Waals surface area contributed by atoms with Crippen LogP contribution in [0.15, 0.2) is 30.3 Å². The molecule has 1 heterocycles. The standard InChI is InChI=1S/C17H26N2O/c1-3-8-15(18)16(20)19-12-7-11-17(2,13-19)14-9-5-4-6-10-14/h4-6,9-10,15H,3,7-8,11-13,18H2,1-2H3. The number of benzene rings is 1. The van der Waals surface area contributed by atoms with E-state index in [0.29, 0.717) is 0 Å². The first-order valence-electron chi connectivity index (χ1n) is 7.67. The van der Waals surface area contributed by atoms with Crippen LogP contribution in [0.3, 0.4) is 0 Å². The molecule has 1 aliphatic heterocycles. The number of nitrogens with zero attached hydrogens (tertiary/aromatic N) is 1. The number of hydrogen-bond donors (Lipinski definition) is 1. The maximum absolute atomic E-state index is 12.4. The monoisotopic (exact) mass is 274 g/mol. The van der Waals surface area contributed by atoms with Crippen molar-refractivity contribution in [3.05, 3.63) is 35.9 Å². The van der Waals surface area contributed by atoms with E-state index in [-0.39, 0.29) is 17.4 Å². The Morgan fingerprint density at radius 2 is 2.10 bits per heavy atom. The Balaban J connectivity index is 2.10. The minimum atomic E-state index is -0.335. The molecule has 1 aromatic rings. The quantitative estimate of drug-likeness (QED) is 0.917. The zero-order valence-electron chi connectivity index (χ0n) is 12.6. The summed E-state index contributed by atoms with van der Waals surface area (Å²) in [5.74, 6) is 0.119. The van der Waals surface area contributed by atoms with E-state index in [0.717, 1.165) is 38.8 Å². The lowest BCUT2D eigenvalue weighted by atomic mass is 9.76. The third kappa shape index (κ3) is 3.21. The number of amides is 1. The molecule has 0 radical (unpaired) electrons. The zero-order chi connectivity index (χ0) is 14.6. The van der Waals surface area contributed by atoms with Gasteiger partial charge in [-0.05, 0) is 24.8 Å². The van der Waals surface area contributed by atoms with E-state index < -0.39 is 0 Å². The van der Waals surface area contributed by atoms with Crippen LogP contribution in [0.4, 0.5) is 0 Å². The molecule has 1 amide bonds. The van der Waals surface area contributed by atoms with Gasteiger partial charge < -0.3 is 10.6 Å². The van der Waals surface area contributed by atoms with E-state index in [9.17, 15) is 4.79 Å². The first-order valence-corrected chi connectivity index (χ1v) is 7.67. The maximum Gasteiger partial charge on any atom is 0.239 e. The van der Waals surface area contributed by atoms with Gasteiger partial charge in [0.1, 0.15) is 0 Å². The third-order valence-electron chi connectivity index (χ3n) is 4.40. The van der Waals surface area contributed by atoms with E-state index in [1.165, 1.54) is 5.56 Å². The molecule has 2 unspecified atom stereocenters. The van der Waals surface area contributed by atoms with Gasteiger partial charge in [0.15, 0.2) is 0 Å². The van der Waals surface area contributed by atoms with Gasteiger partial charge in [0.05, 0.1) is 6.04 Å². The number of carbonyl (C=O) groups is 1. The molecule has 0 bridgehead atoms. The molecule has 2 atom stereocenters. The van der Waals surface area contributed by atoms with Crippen molar-refractivity contribution in [3.8, 4) is 0 Å². The van der Waals surface area contributed by atoms with Crippen molar-refractivity contribution in [1.82, 2.24) is 4.90 Å². The molecule has 3 heteroatoms. The lowest BCUT2D eigenvalue weighted by molar-refractivity contribution is -0.134. The fourth-order valence-corrected chi connectivity index (χ4v) is 3.17. The highest BCUT2D eigenvalue weighted by atomic mass is 16.2. The lowest BCUT2D eigenvalue weighted by Crippen LogP contribution is -2.52. The van der Waals surface area contributed by atoms with Gasteiger partial charge in [-0.25, -0.2) is 0 Å². The number of hydrogen-bond acceptors (Lipinski definition) is 2. The van der Waals surface area contributed by atoms with Crippen LogP contribution in [0.2, 0.25) is 0 Å². The average Bonchev–Trinajstić information content (AvgIpc) is 2.48. The number of carbonyl (C=O) groups excluding carboxylic acids is 1. The molecule has 1 saturated heterocycles. The van der Waals surface area contributed by atoms with Crippen molar-refractivity contribution in [2.24, 2.45) is 5.73 Å². The highest BCUT2D eigenvalue weighted by Crippen LogP contribution is 2.33. The molecule has 0 saturated carbocycles. The summed E-state index contributed by atoms with van der Waals surface area (Å²) in [5.41, 5.74) is 7.37. The number of rotatable bonds is 4. The number of likely N-dealkylation sites (tertiary alicyclic amines) is 1. The second kappa shape index (κ2) is 6.40. The molecule has 110 valence electrons. The first-order chi connectivity index (χ1) is 9.57. The van der Waals surface area contributed by atoms with Crippen molar-refractivity contribution in [2.75, 3.05) is 13.1 Å². The van der Waals surface area contributed by atoms with Crippen LogP contribution in [0.5, 0.6) is 0 Å². The van der Waals surface area contributed by atoms with E-state index in [1.807, 2.05) is 11.0 Å². The highest BCUT2D eigenvalue weighted by molar-refractivity contribution is 5.81. The van der Waals surface area contributed by atoms with E-state index in [4.69, 9.17) is 5.73 Å². The van der Waals surface area contributed by atoms with Crippen LogP contribution >= 0.6 is 0 Å². The van der Waals surface area contributed by atoms with Crippen LogP contribution in [-0.4, -0.2) is 29.9 Å². The van der Waals surface area contributed by atoms with Gasteiger partial charge >= 0.3 is 0 Å².